The Morgan fingerprint density at radius 1 is 0.879 bits per heavy atom. The van der Waals surface area contributed by atoms with E-state index in [9.17, 15) is 18.0 Å². The lowest BCUT2D eigenvalue weighted by Gasteiger charge is -2.63. The Labute approximate surface area is 199 Å². The summed E-state index contributed by atoms with van der Waals surface area (Å²) in [5.74, 6) is 1.52. The van der Waals surface area contributed by atoms with E-state index >= 15 is 0 Å². The summed E-state index contributed by atoms with van der Waals surface area (Å²) in [6.07, 6.45) is 7.21. The minimum Gasteiger partial charge on any atom is -0.290 e. The number of alkyl halides is 3. The molecule has 0 aliphatic heterocycles. The molecule has 0 unspecified atom stereocenters. The van der Waals surface area contributed by atoms with Gasteiger partial charge in [0.25, 0.3) is 0 Å². The van der Waals surface area contributed by atoms with E-state index in [0.29, 0.717) is 34.0 Å². The molecule has 5 fully saturated rings. The van der Waals surface area contributed by atoms with Crippen LogP contribution in [-0.2, 0) is 4.79 Å². The van der Waals surface area contributed by atoms with Gasteiger partial charge in [-0.3, -0.25) is 4.79 Å². The number of carbonyl (C=O) groups excluding carboxylic acids is 1. The number of Topliss-reactive ketones (excluding diaryl/α,β-unsaturated/α-hetero) is 1. The maximum atomic E-state index is 12.8. The van der Waals surface area contributed by atoms with Crippen LogP contribution in [0.15, 0.2) is 0 Å². The molecule has 0 radical (unpaired) electrons. The zero-order valence-corrected chi connectivity index (χ0v) is 21.7. The number of hydrogen-bond donors (Lipinski definition) is 0. The van der Waals surface area contributed by atoms with Gasteiger partial charge in [0.15, 0.2) is 0 Å². The van der Waals surface area contributed by atoms with E-state index in [1.807, 2.05) is 0 Å². The highest BCUT2D eigenvalue weighted by atomic mass is 19.4. The molecule has 0 aromatic carbocycles. The Hall–Kier alpha value is -0.540. The van der Waals surface area contributed by atoms with Crippen molar-refractivity contribution in [1.82, 2.24) is 0 Å². The molecule has 0 saturated heterocycles. The lowest BCUT2D eigenvalue weighted by atomic mass is 9.41. The number of rotatable bonds is 4. The zero-order chi connectivity index (χ0) is 24.2. The molecule has 4 heteroatoms. The predicted octanol–water partition coefficient (Wildman–Crippen LogP) is 8.61. The van der Waals surface area contributed by atoms with Crippen molar-refractivity contribution in [3.63, 3.8) is 0 Å². The molecule has 1 nitrogen and oxygen atoms in total. The standard InChI is InChI=1S/C29H45F3O/c1-18(7-10-23(33)29(30,31)32)20-12-13-26(6)22-9-8-21-24(3,4)19(2)11-14-27(21)17-28(22,27)16-15-25(20,26)5/h18-22H,7-17H2,1-6H3/t18-,19+,20-,21+,22+,25-,26+,27-,28+/m1/s1. The summed E-state index contributed by atoms with van der Waals surface area (Å²) in [4.78, 5) is 11.5. The van der Waals surface area contributed by atoms with Gasteiger partial charge in [-0.2, -0.15) is 13.2 Å². The van der Waals surface area contributed by atoms with Crippen LogP contribution >= 0.6 is 0 Å². The maximum absolute atomic E-state index is 12.8. The number of carbonyl (C=O) groups is 1. The van der Waals surface area contributed by atoms with Gasteiger partial charge in [0, 0.05) is 6.42 Å². The molecule has 0 amide bonds. The Kier molecular flexibility index (Phi) is 5.14. The topological polar surface area (TPSA) is 17.1 Å². The summed E-state index contributed by atoms with van der Waals surface area (Å²) < 4.78 is 38.3. The van der Waals surface area contributed by atoms with Crippen LogP contribution in [0.3, 0.4) is 0 Å². The highest BCUT2D eigenvalue weighted by molar-refractivity contribution is 5.83. The molecule has 0 N–H and O–H groups in total. The summed E-state index contributed by atoms with van der Waals surface area (Å²) in [5.41, 5.74) is 2.02. The largest absolute Gasteiger partial charge is 0.449 e. The van der Waals surface area contributed by atoms with Crippen molar-refractivity contribution in [1.29, 1.82) is 0 Å². The first kappa shape index (κ1) is 24.2. The van der Waals surface area contributed by atoms with Gasteiger partial charge in [0.2, 0.25) is 5.78 Å². The van der Waals surface area contributed by atoms with E-state index in [-0.39, 0.29) is 17.8 Å². The first-order valence-corrected chi connectivity index (χ1v) is 13.8. The predicted molar refractivity (Wildman–Crippen MR) is 126 cm³/mol. The van der Waals surface area contributed by atoms with Crippen LogP contribution in [0.5, 0.6) is 0 Å². The molecule has 188 valence electrons. The summed E-state index contributed by atoms with van der Waals surface area (Å²) in [6.45, 7) is 14.7. The second kappa shape index (κ2) is 7.02. The molecule has 5 aliphatic rings. The lowest BCUT2D eigenvalue weighted by Crippen LogP contribution is -2.56. The van der Waals surface area contributed by atoms with Gasteiger partial charge >= 0.3 is 6.18 Å². The second-order valence-electron chi connectivity index (χ2n) is 14.3. The van der Waals surface area contributed by atoms with Crippen molar-refractivity contribution in [3.05, 3.63) is 0 Å². The van der Waals surface area contributed by atoms with Crippen molar-refractivity contribution in [3.8, 4) is 0 Å². The fourth-order valence-corrected chi connectivity index (χ4v) is 11.2. The van der Waals surface area contributed by atoms with Crippen LogP contribution in [0.1, 0.15) is 112 Å². The molecule has 9 atom stereocenters. The van der Waals surface area contributed by atoms with Crippen LogP contribution in [0, 0.1) is 56.7 Å². The lowest BCUT2D eigenvalue weighted by molar-refractivity contribution is -0.171. The molecule has 0 aromatic rings. The van der Waals surface area contributed by atoms with Gasteiger partial charge in [0.05, 0.1) is 0 Å². The average molecular weight is 467 g/mol. The highest BCUT2D eigenvalue weighted by Crippen LogP contribution is 2.89. The molecular weight excluding hydrogens is 421 g/mol. The van der Waals surface area contributed by atoms with Crippen LogP contribution in [0.25, 0.3) is 0 Å². The molecule has 0 bridgehead atoms. The number of ketones is 1. The third-order valence-corrected chi connectivity index (χ3v) is 13.6. The number of fused-ring (bicyclic) bond motifs is 2. The third-order valence-electron chi connectivity index (χ3n) is 13.6. The molecule has 33 heavy (non-hydrogen) atoms. The van der Waals surface area contributed by atoms with Gasteiger partial charge in [-0.1, -0.05) is 41.5 Å². The quantitative estimate of drug-likeness (QED) is 0.405. The maximum Gasteiger partial charge on any atom is 0.449 e. The van der Waals surface area contributed by atoms with E-state index in [1.54, 1.807) is 0 Å². The molecule has 0 heterocycles. The number of halogens is 3. The monoisotopic (exact) mass is 466 g/mol. The smallest absolute Gasteiger partial charge is 0.290 e. The molecule has 5 aliphatic carbocycles. The normalized spacial score (nSPS) is 51.1. The van der Waals surface area contributed by atoms with Gasteiger partial charge in [-0.05, 0) is 121 Å². The van der Waals surface area contributed by atoms with Crippen LogP contribution in [0.2, 0.25) is 0 Å². The Balaban J connectivity index is 1.37. The molecule has 5 rings (SSSR count). The minimum absolute atomic E-state index is 0.177. The SMILES string of the molecule is C[C@H](CCC(=O)C(F)(F)F)[C@H]1CC[C@@]2(C)[C@@H]3CC[C@H]4C(C)(C)[C@@H](C)CC[C@@]45C[C@@]35CC[C@]12C. The van der Waals surface area contributed by atoms with Gasteiger partial charge in [-0.15, -0.1) is 0 Å². The van der Waals surface area contributed by atoms with Crippen molar-refractivity contribution in [2.45, 2.75) is 118 Å². The van der Waals surface area contributed by atoms with E-state index in [4.69, 9.17) is 0 Å². The van der Waals surface area contributed by atoms with E-state index in [0.717, 1.165) is 24.2 Å². The van der Waals surface area contributed by atoms with E-state index in [1.165, 1.54) is 51.4 Å². The van der Waals surface area contributed by atoms with Crippen LogP contribution < -0.4 is 0 Å². The van der Waals surface area contributed by atoms with Gasteiger partial charge in [-0.25, -0.2) is 0 Å². The first-order chi connectivity index (χ1) is 15.2. The molecule has 5 saturated carbocycles. The van der Waals surface area contributed by atoms with Crippen molar-refractivity contribution in [2.24, 2.45) is 56.7 Å². The fraction of sp³-hybridized carbons (Fsp3) is 0.966. The summed E-state index contributed by atoms with van der Waals surface area (Å²) in [5, 5.41) is 0. The Bertz CT molecular complexity index is 831. The Morgan fingerprint density at radius 3 is 2.18 bits per heavy atom. The molecule has 2 spiro atoms. The van der Waals surface area contributed by atoms with Crippen molar-refractivity contribution < 1.29 is 18.0 Å². The van der Waals surface area contributed by atoms with E-state index in [2.05, 4.69) is 41.5 Å². The second-order valence-corrected chi connectivity index (χ2v) is 14.3. The third kappa shape index (κ3) is 2.93. The molecule has 0 aromatic heterocycles. The van der Waals surface area contributed by atoms with Crippen LogP contribution in [-0.4, -0.2) is 12.0 Å². The van der Waals surface area contributed by atoms with E-state index < -0.39 is 12.0 Å². The van der Waals surface area contributed by atoms with Crippen LogP contribution in [0.4, 0.5) is 13.2 Å². The van der Waals surface area contributed by atoms with Gasteiger partial charge in [0.1, 0.15) is 0 Å². The Morgan fingerprint density at radius 2 is 1.52 bits per heavy atom. The van der Waals surface area contributed by atoms with Crippen molar-refractivity contribution in [2.75, 3.05) is 0 Å². The first-order valence-electron chi connectivity index (χ1n) is 13.8. The summed E-state index contributed by atoms with van der Waals surface area (Å²) in [6, 6.07) is 0. The zero-order valence-electron chi connectivity index (χ0n) is 21.7. The number of hydrogen-bond acceptors (Lipinski definition) is 1. The highest BCUT2D eigenvalue weighted by Gasteiger charge is 2.81. The summed E-state index contributed by atoms with van der Waals surface area (Å²) >= 11 is 0. The van der Waals surface area contributed by atoms with Gasteiger partial charge < -0.3 is 0 Å². The average Bonchev–Trinajstić information content (AvgIpc) is 3.31. The molecular formula is C29H45F3O. The van der Waals surface area contributed by atoms with Crippen molar-refractivity contribution >= 4 is 5.78 Å². The fourth-order valence-electron chi connectivity index (χ4n) is 11.2. The summed E-state index contributed by atoms with van der Waals surface area (Å²) in [7, 11) is 0. The minimum atomic E-state index is -4.69.